The molecule has 0 aliphatic heterocycles. The van der Waals surface area contributed by atoms with E-state index in [0.29, 0.717) is 59.0 Å². The Kier molecular flexibility index (Phi) is 6.79. The summed E-state index contributed by atoms with van der Waals surface area (Å²) in [4.78, 5) is 17.0. The number of nitrogens with one attached hydrogen (secondary N) is 1. The average Bonchev–Trinajstić information content (AvgIpc) is 3.36. The Morgan fingerprint density at radius 1 is 0.970 bits per heavy atom. The molecule has 2 aromatic carbocycles. The molecule has 9 heteroatoms. The first kappa shape index (κ1) is 21.8. The van der Waals surface area contributed by atoms with Gasteiger partial charge in [-0.3, -0.25) is 9.78 Å². The molecule has 168 valence electrons. The molecule has 0 aliphatic carbocycles. The third-order valence-corrected chi connectivity index (χ3v) is 4.44. The lowest BCUT2D eigenvalue weighted by atomic mass is 10.1. The molecule has 4 rings (SSSR count). The van der Waals surface area contributed by atoms with Crippen LogP contribution in [-0.2, 0) is 0 Å². The zero-order valence-corrected chi connectivity index (χ0v) is 18.1. The first-order valence-corrected chi connectivity index (χ1v) is 10.4. The fourth-order valence-electron chi connectivity index (χ4n) is 3.05. The number of pyridine rings is 1. The van der Waals surface area contributed by atoms with Crippen LogP contribution in [0.25, 0.3) is 11.6 Å². The van der Waals surface area contributed by atoms with E-state index < -0.39 is 0 Å². The molecule has 2 aromatic heterocycles. The number of aromatic nitrogens is 3. The summed E-state index contributed by atoms with van der Waals surface area (Å²) < 4.78 is 22.3. The van der Waals surface area contributed by atoms with Crippen LogP contribution >= 0.6 is 0 Å². The quantitative estimate of drug-likeness (QED) is 0.384. The Balaban J connectivity index is 1.48. The number of rotatable bonds is 9. The van der Waals surface area contributed by atoms with Gasteiger partial charge in [0.1, 0.15) is 17.2 Å². The minimum atomic E-state index is -0.279. The normalized spacial score (nSPS) is 10.5. The molecule has 33 heavy (non-hydrogen) atoms. The fraction of sp³-hybridized carbons (Fsp3) is 0.167. The van der Waals surface area contributed by atoms with Crippen LogP contribution in [0.15, 0.2) is 71.6 Å². The summed E-state index contributed by atoms with van der Waals surface area (Å²) in [5, 5.41) is 10.4. The molecule has 0 spiro atoms. The molecule has 0 radical (unpaired) electrons. The van der Waals surface area contributed by atoms with Gasteiger partial charge in [-0.05, 0) is 50.2 Å². The lowest BCUT2D eigenvalue weighted by Crippen LogP contribution is -2.12. The van der Waals surface area contributed by atoms with Crippen LogP contribution in [0.1, 0.15) is 24.2 Å². The summed E-state index contributed by atoms with van der Waals surface area (Å²) in [5.74, 6) is 2.22. The van der Waals surface area contributed by atoms with E-state index in [1.807, 2.05) is 13.8 Å². The predicted molar refractivity (Wildman–Crippen MR) is 121 cm³/mol. The summed E-state index contributed by atoms with van der Waals surface area (Å²) in [6, 6.07) is 15.6. The minimum Gasteiger partial charge on any atom is -0.490 e. The Hall–Kier alpha value is -4.40. The molecule has 4 aromatic rings. The van der Waals surface area contributed by atoms with E-state index in [2.05, 4.69) is 20.5 Å². The molecule has 0 atom stereocenters. The molecule has 0 fully saturated rings. The van der Waals surface area contributed by atoms with Gasteiger partial charge in [-0.25, -0.2) is 0 Å². The molecular weight excluding hydrogens is 424 g/mol. The van der Waals surface area contributed by atoms with E-state index in [4.69, 9.17) is 18.6 Å². The molecule has 9 nitrogen and oxygen atoms in total. The third-order valence-electron chi connectivity index (χ3n) is 4.44. The van der Waals surface area contributed by atoms with Gasteiger partial charge in [-0.15, -0.1) is 10.2 Å². The highest BCUT2D eigenvalue weighted by Gasteiger charge is 2.13. The monoisotopic (exact) mass is 446 g/mol. The van der Waals surface area contributed by atoms with Crippen molar-refractivity contribution in [1.82, 2.24) is 15.2 Å². The molecule has 0 aliphatic rings. The number of nitrogens with zero attached hydrogens (tertiary/aromatic N) is 3. The van der Waals surface area contributed by atoms with Crippen LogP contribution in [0.2, 0.25) is 0 Å². The number of anilines is 1. The van der Waals surface area contributed by atoms with Gasteiger partial charge in [0.15, 0.2) is 11.5 Å². The summed E-state index contributed by atoms with van der Waals surface area (Å²) in [6.45, 7) is 4.74. The molecular formula is C24H22N4O5. The van der Waals surface area contributed by atoms with Crippen LogP contribution in [0.5, 0.6) is 23.0 Å². The SMILES string of the molecule is CCOc1ccc(C(=O)Nc2cccc(Oc3ccnc(-c4nnco4)c3)c2)cc1OCC. The van der Waals surface area contributed by atoms with Gasteiger partial charge >= 0.3 is 0 Å². The van der Waals surface area contributed by atoms with Gasteiger partial charge in [0.05, 0.1) is 13.2 Å². The highest BCUT2D eigenvalue weighted by atomic mass is 16.5. The maximum atomic E-state index is 12.8. The maximum absolute atomic E-state index is 12.8. The van der Waals surface area contributed by atoms with Crippen LogP contribution < -0.4 is 19.5 Å². The lowest BCUT2D eigenvalue weighted by Gasteiger charge is -2.13. The first-order chi connectivity index (χ1) is 16.2. The minimum absolute atomic E-state index is 0.279. The van der Waals surface area contributed by atoms with Gasteiger partial charge in [0.25, 0.3) is 11.8 Å². The number of hydrogen-bond donors (Lipinski definition) is 1. The van der Waals surface area contributed by atoms with Gasteiger partial charge in [0.2, 0.25) is 6.39 Å². The predicted octanol–water partition coefficient (Wildman–Crippen LogP) is 4.97. The second kappa shape index (κ2) is 10.3. The Bertz CT molecular complexity index is 1230. The van der Waals surface area contributed by atoms with Crippen LogP contribution in [0.3, 0.4) is 0 Å². The number of carbonyl (C=O) groups is 1. The van der Waals surface area contributed by atoms with Crippen LogP contribution in [0, 0.1) is 0 Å². The second-order valence-corrected chi connectivity index (χ2v) is 6.73. The van der Waals surface area contributed by atoms with Gasteiger partial charge in [0, 0.05) is 29.6 Å². The fourth-order valence-corrected chi connectivity index (χ4v) is 3.05. The summed E-state index contributed by atoms with van der Waals surface area (Å²) in [5.41, 5.74) is 1.53. The van der Waals surface area contributed by atoms with Crippen molar-refractivity contribution < 1.29 is 23.4 Å². The summed E-state index contributed by atoms with van der Waals surface area (Å²) in [6.07, 6.45) is 2.82. The van der Waals surface area contributed by atoms with Crippen molar-refractivity contribution in [1.29, 1.82) is 0 Å². The molecule has 1 N–H and O–H groups in total. The first-order valence-electron chi connectivity index (χ1n) is 10.4. The van der Waals surface area contributed by atoms with Crippen molar-refractivity contribution in [3.63, 3.8) is 0 Å². The topological polar surface area (TPSA) is 109 Å². The van der Waals surface area contributed by atoms with Crippen LogP contribution in [-0.4, -0.2) is 34.3 Å². The number of hydrogen-bond acceptors (Lipinski definition) is 8. The Labute approximate surface area is 190 Å². The van der Waals surface area contributed by atoms with Gasteiger partial charge in [-0.1, -0.05) is 6.07 Å². The highest BCUT2D eigenvalue weighted by Crippen LogP contribution is 2.30. The van der Waals surface area contributed by atoms with E-state index in [1.54, 1.807) is 60.8 Å². The van der Waals surface area contributed by atoms with Crippen molar-refractivity contribution in [3.8, 4) is 34.6 Å². The lowest BCUT2D eigenvalue weighted by molar-refractivity contribution is 0.102. The van der Waals surface area contributed by atoms with Crippen molar-refractivity contribution in [2.24, 2.45) is 0 Å². The smallest absolute Gasteiger partial charge is 0.266 e. The number of ether oxygens (including phenoxy) is 3. The largest absolute Gasteiger partial charge is 0.490 e. The second-order valence-electron chi connectivity index (χ2n) is 6.73. The molecule has 0 saturated carbocycles. The zero-order valence-electron chi connectivity index (χ0n) is 18.1. The number of benzene rings is 2. The van der Waals surface area contributed by atoms with E-state index >= 15 is 0 Å². The molecule has 1 amide bonds. The third kappa shape index (κ3) is 5.45. The highest BCUT2D eigenvalue weighted by molar-refractivity contribution is 6.04. The molecule has 2 heterocycles. The van der Waals surface area contributed by atoms with Crippen molar-refractivity contribution in [2.75, 3.05) is 18.5 Å². The van der Waals surface area contributed by atoms with E-state index in [9.17, 15) is 4.79 Å². The van der Waals surface area contributed by atoms with Crippen molar-refractivity contribution in [2.45, 2.75) is 13.8 Å². The average molecular weight is 446 g/mol. The summed E-state index contributed by atoms with van der Waals surface area (Å²) in [7, 11) is 0. The summed E-state index contributed by atoms with van der Waals surface area (Å²) >= 11 is 0. The van der Waals surface area contributed by atoms with Crippen LogP contribution in [0.4, 0.5) is 5.69 Å². The van der Waals surface area contributed by atoms with Gasteiger partial charge < -0.3 is 23.9 Å². The molecule has 0 bridgehead atoms. The number of amides is 1. The van der Waals surface area contributed by atoms with E-state index in [0.717, 1.165) is 0 Å². The number of carbonyl (C=O) groups excluding carboxylic acids is 1. The zero-order chi connectivity index (χ0) is 23.0. The van der Waals surface area contributed by atoms with Crippen molar-refractivity contribution >= 4 is 11.6 Å². The standard InChI is InChI=1S/C24H22N4O5/c1-3-30-21-9-8-16(12-22(21)31-4-2)23(29)27-17-6-5-7-18(13-17)33-19-10-11-25-20(14-19)24-28-26-15-32-24/h5-15H,3-4H2,1-2H3,(H,27,29). The van der Waals surface area contributed by atoms with E-state index in [1.165, 1.54) is 6.39 Å². The van der Waals surface area contributed by atoms with E-state index in [-0.39, 0.29) is 5.91 Å². The Morgan fingerprint density at radius 3 is 2.58 bits per heavy atom. The van der Waals surface area contributed by atoms with Crippen molar-refractivity contribution in [3.05, 3.63) is 72.8 Å². The molecule has 0 saturated heterocycles. The Morgan fingerprint density at radius 2 is 1.79 bits per heavy atom. The van der Waals surface area contributed by atoms with Gasteiger partial charge in [-0.2, -0.15) is 0 Å². The maximum Gasteiger partial charge on any atom is 0.266 e. The molecule has 0 unspecified atom stereocenters.